The Kier molecular flexibility index (Phi) is 9.89. The van der Waals surface area contributed by atoms with Crippen molar-refractivity contribution in [1.82, 2.24) is 34.0 Å². The number of nitrogens with two attached hydrogens (primary N) is 3. The molecule has 19 nitrogen and oxygen atoms in total. The molecular weight excluding hydrogens is 596 g/mol. The number of aryl methyl sites for hydroxylation is 1. The Morgan fingerprint density at radius 1 is 1.07 bits per heavy atom. The SMILES string of the molecule is Nc1nc(=O)n([C@H]2C[C@H](O)[C@@H](CO)O2)cc1CCCN(CC[C@H](N)C(=O)O)CC1O[C@@H](n2cnc3c(N)ncnc32)[C@H](O)[C@@H]1O. The van der Waals surface area contributed by atoms with Gasteiger partial charge in [-0.05, 0) is 25.8 Å². The highest BCUT2D eigenvalue weighted by Crippen LogP contribution is 2.33. The van der Waals surface area contributed by atoms with Crippen LogP contribution >= 0.6 is 0 Å². The second-order valence-corrected chi connectivity index (χ2v) is 11.2. The molecule has 2 aliphatic rings. The molecule has 3 aromatic rings. The average Bonchev–Trinajstić information content (AvgIpc) is 3.68. The number of carboxylic acids is 1. The lowest BCUT2D eigenvalue weighted by atomic mass is 10.1. The minimum Gasteiger partial charge on any atom is -0.480 e. The van der Waals surface area contributed by atoms with Gasteiger partial charge in [0.05, 0.1) is 19.0 Å². The minimum atomic E-state index is -1.33. The maximum atomic E-state index is 12.5. The van der Waals surface area contributed by atoms with Gasteiger partial charge in [-0.3, -0.25) is 13.9 Å². The van der Waals surface area contributed by atoms with E-state index < -0.39 is 67.3 Å². The first-order valence-corrected chi connectivity index (χ1v) is 14.5. The fourth-order valence-corrected chi connectivity index (χ4v) is 5.62. The van der Waals surface area contributed by atoms with Crippen LogP contribution in [0.15, 0.2) is 23.6 Å². The molecule has 2 saturated heterocycles. The Bertz CT molecular complexity index is 1550. The normalized spacial score (nSPS) is 27.5. The van der Waals surface area contributed by atoms with Gasteiger partial charge in [0.25, 0.3) is 0 Å². The zero-order chi connectivity index (χ0) is 32.4. The van der Waals surface area contributed by atoms with E-state index in [4.69, 9.17) is 26.7 Å². The second kappa shape index (κ2) is 13.7. The molecule has 0 amide bonds. The molecule has 1 unspecified atom stereocenters. The molecule has 8 atom stereocenters. The van der Waals surface area contributed by atoms with Crippen LogP contribution < -0.4 is 22.9 Å². The van der Waals surface area contributed by atoms with Crippen LogP contribution in [0.25, 0.3) is 11.2 Å². The number of fused-ring (bicyclic) bond motifs is 1. The Balaban J connectivity index is 1.27. The van der Waals surface area contributed by atoms with Crippen LogP contribution in [0.5, 0.6) is 0 Å². The molecule has 246 valence electrons. The molecule has 2 fully saturated rings. The number of aromatic nitrogens is 6. The van der Waals surface area contributed by atoms with Crippen molar-refractivity contribution in [2.24, 2.45) is 5.73 Å². The molecule has 5 rings (SSSR count). The standard InChI is InChI=1S/C26H38N10O9/c27-13(25(41)42)3-5-34(4-1-2-12-7-35(26(43)33-21(12)28)17-6-14(38)16(9-37)44-17)8-15-19(39)20(40)24(45-15)36-11-32-18-22(29)30-10-31-23(18)36/h7,10-11,13-17,19-20,24,37-40H,1-6,8-9,27H2,(H,41,42)(H2,28,33,43)(H2,29,30,31)/t13-,14-,15?,16+,17+,19+,20+,24+/m0/s1. The van der Waals surface area contributed by atoms with Gasteiger partial charge in [0.2, 0.25) is 0 Å². The summed E-state index contributed by atoms with van der Waals surface area (Å²) in [5.74, 6) is -0.969. The van der Waals surface area contributed by atoms with Gasteiger partial charge in [-0.25, -0.2) is 19.7 Å². The Labute approximate surface area is 255 Å². The van der Waals surface area contributed by atoms with Gasteiger partial charge < -0.3 is 57.1 Å². The molecule has 0 saturated carbocycles. The number of carbonyl (C=O) groups is 1. The Morgan fingerprint density at radius 2 is 1.84 bits per heavy atom. The predicted molar refractivity (Wildman–Crippen MR) is 155 cm³/mol. The van der Waals surface area contributed by atoms with Gasteiger partial charge in [0.15, 0.2) is 17.7 Å². The summed E-state index contributed by atoms with van der Waals surface area (Å²) in [5.41, 5.74) is 18.2. The fraction of sp³-hybridized carbons (Fsp3) is 0.615. The summed E-state index contributed by atoms with van der Waals surface area (Å²) in [6, 6.07) is -1.12. The summed E-state index contributed by atoms with van der Waals surface area (Å²) in [6.07, 6.45) is -1.92. The van der Waals surface area contributed by atoms with Crippen LogP contribution in [-0.2, 0) is 20.7 Å². The number of aliphatic carboxylic acids is 1. The number of aliphatic hydroxyl groups excluding tert-OH is 4. The van der Waals surface area contributed by atoms with Gasteiger partial charge in [-0.15, -0.1) is 0 Å². The molecule has 5 heterocycles. The van der Waals surface area contributed by atoms with Crippen molar-refractivity contribution in [3.05, 3.63) is 34.9 Å². The van der Waals surface area contributed by atoms with Crippen molar-refractivity contribution in [2.75, 3.05) is 37.7 Å². The third-order valence-electron chi connectivity index (χ3n) is 8.19. The van der Waals surface area contributed by atoms with Gasteiger partial charge >= 0.3 is 11.7 Å². The average molecular weight is 635 g/mol. The highest BCUT2D eigenvalue weighted by atomic mass is 16.6. The summed E-state index contributed by atoms with van der Waals surface area (Å²) in [5, 5.41) is 50.5. The first-order valence-electron chi connectivity index (χ1n) is 14.5. The van der Waals surface area contributed by atoms with Gasteiger partial charge in [-0.2, -0.15) is 4.98 Å². The number of anilines is 2. The number of aliphatic hydroxyl groups is 4. The number of hydrogen-bond donors (Lipinski definition) is 8. The van der Waals surface area contributed by atoms with Crippen LogP contribution in [-0.4, -0.2) is 128 Å². The van der Waals surface area contributed by atoms with Crippen molar-refractivity contribution in [1.29, 1.82) is 0 Å². The number of rotatable bonds is 13. The zero-order valence-corrected chi connectivity index (χ0v) is 24.2. The molecule has 0 radical (unpaired) electrons. The van der Waals surface area contributed by atoms with Crippen molar-refractivity contribution >= 4 is 28.8 Å². The summed E-state index contributed by atoms with van der Waals surface area (Å²) < 4.78 is 14.4. The van der Waals surface area contributed by atoms with E-state index in [0.29, 0.717) is 36.1 Å². The minimum absolute atomic E-state index is 0.0328. The molecule has 0 bridgehead atoms. The van der Waals surface area contributed by atoms with Gasteiger partial charge in [0, 0.05) is 31.3 Å². The fourth-order valence-electron chi connectivity index (χ4n) is 5.62. The first kappa shape index (κ1) is 32.6. The summed E-state index contributed by atoms with van der Waals surface area (Å²) in [7, 11) is 0. The number of nitrogens with zero attached hydrogens (tertiary/aromatic N) is 7. The van der Waals surface area contributed by atoms with Crippen LogP contribution in [0.3, 0.4) is 0 Å². The lowest BCUT2D eigenvalue weighted by Gasteiger charge is -2.27. The Hall–Kier alpha value is -3.82. The zero-order valence-electron chi connectivity index (χ0n) is 24.2. The number of imidazole rings is 1. The molecule has 0 spiro atoms. The first-order chi connectivity index (χ1) is 21.5. The highest BCUT2D eigenvalue weighted by Gasteiger charge is 2.45. The van der Waals surface area contributed by atoms with E-state index in [2.05, 4.69) is 19.9 Å². The van der Waals surface area contributed by atoms with Crippen molar-refractivity contribution in [3.8, 4) is 0 Å². The van der Waals surface area contributed by atoms with E-state index >= 15 is 0 Å². The molecule has 0 aromatic carbocycles. The monoisotopic (exact) mass is 634 g/mol. The van der Waals surface area contributed by atoms with E-state index in [9.17, 15) is 35.1 Å². The van der Waals surface area contributed by atoms with Crippen LogP contribution in [0.1, 0.15) is 37.3 Å². The third kappa shape index (κ3) is 6.89. The number of hydrogen-bond acceptors (Lipinski definition) is 16. The molecule has 3 aromatic heterocycles. The lowest BCUT2D eigenvalue weighted by molar-refractivity contribution is -0.138. The van der Waals surface area contributed by atoms with E-state index in [1.54, 1.807) is 0 Å². The van der Waals surface area contributed by atoms with Crippen molar-refractivity contribution in [3.63, 3.8) is 0 Å². The van der Waals surface area contributed by atoms with E-state index in [-0.39, 0.29) is 37.6 Å². The Morgan fingerprint density at radius 3 is 2.56 bits per heavy atom. The van der Waals surface area contributed by atoms with E-state index in [1.165, 1.54) is 28.0 Å². The van der Waals surface area contributed by atoms with E-state index in [1.807, 2.05) is 4.90 Å². The van der Waals surface area contributed by atoms with Crippen molar-refractivity contribution in [2.45, 2.75) is 74.7 Å². The smallest absolute Gasteiger partial charge is 0.351 e. The molecule has 0 aliphatic carbocycles. The molecular formula is C26H38N10O9. The summed E-state index contributed by atoms with van der Waals surface area (Å²) in [6.45, 7) is 0.333. The predicted octanol–water partition coefficient (Wildman–Crippen LogP) is -3.46. The largest absolute Gasteiger partial charge is 0.480 e. The topological polar surface area (TPSA) is 296 Å². The highest BCUT2D eigenvalue weighted by molar-refractivity contribution is 5.81. The summed E-state index contributed by atoms with van der Waals surface area (Å²) >= 11 is 0. The van der Waals surface area contributed by atoms with Crippen LogP contribution in [0, 0.1) is 0 Å². The maximum absolute atomic E-state index is 12.5. The molecule has 19 heteroatoms. The van der Waals surface area contributed by atoms with Gasteiger partial charge in [-0.1, -0.05) is 0 Å². The molecule has 11 N–H and O–H groups in total. The number of nitrogen functional groups attached to an aromatic ring is 2. The van der Waals surface area contributed by atoms with Crippen LogP contribution in [0.4, 0.5) is 11.6 Å². The third-order valence-corrected chi connectivity index (χ3v) is 8.19. The van der Waals surface area contributed by atoms with Crippen LogP contribution in [0.2, 0.25) is 0 Å². The maximum Gasteiger partial charge on any atom is 0.351 e. The van der Waals surface area contributed by atoms with Gasteiger partial charge in [0.1, 0.15) is 54.3 Å². The molecule has 45 heavy (non-hydrogen) atoms. The number of carboxylic acid groups (broad SMARTS) is 1. The van der Waals surface area contributed by atoms with E-state index in [0.717, 1.165) is 0 Å². The quantitative estimate of drug-likeness (QED) is 0.0906. The second-order valence-electron chi connectivity index (χ2n) is 11.2. The summed E-state index contributed by atoms with van der Waals surface area (Å²) in [4.78, 5) is 41.9. The molecule has 2 aliphatic heterocycles. The lowest BCUT2D eigenvalue weighted by Crippen LogP contribution is -2.43. The van der Waals surface area contributed by atoms with Crippen molar-refractivity contribution < 1.29 is 39.8 Å². The number of ether oxygens (including phenoxy) is 2.